The van der Waals surface area contributed by atoms with Crippen LogP contribution in [0.5, 0.6) is 0 Å². The maximum atomic E-state index is 12.3. The topological polar surface area (TPSA) is 97.5 Å². The molecule has 1 aliphatic rings. The van der Waals surface area contributed by atoms with Crippen LogP contribution in [0.25, 0.3) is 0 Å². The average Bonchev–Trinajstić information content (AvgIpc) is 2.89. The van der Waals surface area contributed by atoms with Gasteiger partial charge in [0.1, 0.15) is 5.69 Å². The quantitative estimate of drug-likeness (QED) is 0.756. The van der Waals surface area contributed by atoms with E-state index in [0.717, 1.165) is 19.3 Å². The first-order valence-corrected chi connectivity index (χ1v) is 9.17. The van der Waals surface area contributed by atoms with Crippen LogP contribution in [0.15, 0.2) is 0 Å². The minimum Gasteiger partial charge on any atom is -0.462 e. The highest BCUT2D eigenvalue weighted by Crippen LogP contribution is 2.23. The Hall–Kier alpha value is -2.31. The maximum Gasteiger partial charge on any atom is 0.355 e. The Balaban J connectivity index is 1.94. The first-order valence-electron chi connectivity index (χ1n) is 9.17. The van der Waals surface area contributed by atoms with E-state index < -0.39 is 11.9 Å². The van der Waals surface area contributed by atoms with Crippen LogP contribution < -0.4 is 5.32 Å². The highest BCUT2D eigenvalue weighted by atomic mass is 16.5. The van der Waals surface area contributed by atoms with Crippen molar-refractivity contribution in [2.24, 2.45) is 5.92 Å². The maximum absolute atomic E-state index is 12.3. The lowest BCUT2D eigenvalue weighted by molar-refractivity contribution is -0.125. The van der Waals surface area contributed by atoms with E-state index in [1.165, 1.54) is 6.42 Å². The number of carbonyl (C=O) groups is 3. The average molecular weight is 364 g/mol. The van der Waals surface area contributed by atoms with Gasteiger partial charge in [-0.05, 0) is 45.1 Å². The van der Waals surface area contributed by atoms with Gasteiger partial charge in [0, 0.05) is 11.7 Å². The van der Waals surface area contributed by atoms with Crippen molar-refractivity contribution in [2.45, 2.75) is 59.4 Å². The molecule has 0 bridgehead atoms. The van der Waals surface area contributed by atoms with E-state index in [9.17, 15) is 14.4 Å². The van der Waals surface area contributed by atoms with Gasteiger partial charge in [0.2, 0.25) is 0 Å². The number of H-pyrrole nitrogens is 1. The van der Waals surface area contributed by atoms with Gasteiger partial charge < -0.3 is 19.8 Å². The normalized spacial score (nSPS) is 19.7. The summed E-state index contributed by atoms with van der Waals surface area (Å²) in [7, 11) is 0. The molecule has 0 radical (unpaired) electrons. The zero-order chi connectivity index (χ0) is 19.3. The zero-order valence-corrected chi connectivity index (χ0v) is 15.9. The molecular weight excluding hydrogens is 336 g/mol. The molecule has 1 aliphatic carbocycles. The van der Waals surface area contributed by atoms with Crippen molar-refractivity contribution in [3.05, 3.63) is 22.5 Å². The number of ether oxygens (including phenoxy) is 2. The van der Waals surface area contributed by atoms with Gasteiger partial charge in [-0.3, -0.25) is 4.79 Å². The Morgan fingerprint density at radius 2 is 1.81 bits per heavy atom. The Kier molecular flexibility index (Phi) is 6.83. The van der Waals surface area contributed by atoms with E-state index in [2.05, 4.69) is 17.2 Å². The molecule has 2 rings (SSSR count). The van der Waals surface area contributed by atoms with Crippen LogP contribution in [0.2, 0.25) is 0 Å². The van der Waals surface area contributed by atoms with Gasteiger partial charge in [0.15, 0.2) is 6.61 Å². The van der Waals surface area contributed by atoms with Gasteiger partial charge in [-0.1, -0.05) is 19.8 Å². The van der Waals surface area contributed by atoms with E-state index in [1.807, 2.05) is 0 Å². The molecule has 26 heavy (non-hydrogen) atoms. The lowest BCUT2D eigenvalue weighted by atomic mass is 9.86. The van der Waals surface area contributed by atoms with Crippen molar-refractivity contribution in [1.82, 2.24) is 10.3 Å². The van der Waals surface area contributed by atoms with Crippen molar-refractivity contribution in [3.8, 4) is 0 Å². The predicted molar refractivity (Wildman–Crippen MR) is 96.1 cm³/mol. The molecule has 144 valence electrons. The summed E-state index contributed by atoms with van der Waals surface area (Å²) in [6.45, 7) is 7.09. The molecule has 0 aromatic carbocycles. The van der Waals surface area contributed by atoms with E-state index in [1.54, 1.807) is 20.8 Å². The van der Waals surface area contributed by atoms with E-state index in [-0.39, 0.29) is 30.9 Å². The fourth-order valence-corrected chi connectivity index (χ4v) is 3.45. The summed E-state index contributed by atoms with van der Waals surface area (Å²) >= 11 is 0. The van der Waals surface area contributed by atoms with Crippen LogP contribution in [0.3, 0.4) is 0 Å². The molecule has 0 saturated heterocycles. The molecule has 1 amide bonds. The second kappa shape index (κ2) is 8.87. The minimum absolute atomic E-state index is 0.139. The smallest absolute Gasteiger partial charge is 0.355 e. The van der Waals surface area contributed by atoms with Gasteiger partial charge in [-0.2, -0.15) is 0 Å². The Labute approximate surface area is 153 Å². The van der Waals surface area contributed by atoms with Crippen LogP contribution in [0.4, 0.5) is 0 Å². The van der Waals surface area contributed by atoms with Crippen molar-refractivity contribution >= 4 is 17.8 Å². The Morgan fingerprint density at radius 3 is 2.46 bits per heavy atom. The summed E-state index contributed by atoms with van der Waals surface area (Å²) in [5.41, 5.74) is 1.50. The molecule has 7 nitrogen and oxygen atoms in total. The molecule has 0 unspecified atom stereocenters. The number of aromatic amines is 1. The Morgan fingerprint density at radius 1 is 1.12 bits per heavy atom. The van der Waals surface area contributed by atoms with E-state index in [0.29, 0.717) is 22.7 Å². The molecule has 0 spiro atoms. The standard InChI is InChI=1S/C19H28N2O5/c1-5-25-18(23)16-12(3)17(20-13(16)4)19(24)26-10-15(22)21-14-9-7-6-8-11(14)2/h11,14,20H,5-10H2,1-4H3,(H,21,22)/t11-,14+/m0/s1. The minimum atomic E-state index is -0.659. The van der Waals surface area contributed by atoms with Gasteiger partial charge in [0.25, 0.3) is 5.91 Å². The SMILES string of the molecule is CCOC(=O)c1c(C)[nH]c(C(=O)OCC(=O)N[C@@H]2CCCC[C@@H]2C)c1C. The van der Waals surface area contributed by atoms with Crippen molar-refractivity contribution in [2.75, 3.05) is 13.2 Å². The van der Waals surface area contributed by atoms with Gasteiger partial charge >= 0.3 is 11.9 Å². The molecule has 7 heteroatoms. The summed E-state index contributed by atoms with van der Waals surface area (Å²) in [5.74, 6) is -1.01. The van der Waals surface area contributed by atoms with Crippen LogP contribution in [-0.4, -0.2) is 42.1 Å². The first-order chi connectivity index (χ1) is 12.3. The number of hydrogen-bond donors (Lipinski definition) is 2. The van der Waals surface area contributed by atoms with Crippen molar-refractivity contribution in [3.63, 3.8) is 0 Å². The predicted octanol–water partition coefficient (Wildman–Crippen LogP) is 2.66. The molecule has 1 heterocycles. The van der Waals surface area contributed by atoms with Crippen LogP contribution in [-0.2, 0) is 14.3 Å². The number of amides is 1. The summed E-state index contributed by atoms with van der Waals surface area (Å²) in [4.78, 5) is 39.2. The third kappa shape index (κ3) is 4.65. The third-order valence-corrected chi connectivity index (χ3v) is 4.91. The fraction of sp³-hybridized carbons (Fsp3) is 0.632. The number of nitrogens with one attached hydrogen (secondary N) is 2. The van der Waals surface area contributed by atoms with E-state index >= 15 is 0 Å². The molecule has 2 N–H and O–H groups in total. The van der Waals surface area contributed by atoms with E-state index in [4.69, 9.17) is 9.47 Å². The molecule has 2 atom stereocenters. The number of aromatic nitrogens is 1. The third-order valence-electron chi connectivity index (χ3n) is 4.91. The highest BCUT2D eigenvalue weighted by Gasteiger charge is 2.26. The largest absolute Gasteiger partial charge is 0.462 e. The zero-order valence-electron chi connectivity index (χ0n) is 15.9. The van der Waals surface area contributed by atoms with Crippen LogP contribution in [0, 0.1) is 19.8 Å². The summed E-state index contributed by atoms with van der Waals surface area (Å²) < 4.78 is 10.1. The fourth-order valence-electron chi connectivity index (χ4n) is 3.45. The molecule has 1 aromatic heterocycles. The molecule has 1 aromatic rings. The molecule has 0 aliphatic heterocycles. The van der Waals surface area contributed by atoms with Crippen LogP contribution in [0.1, 0.15) is 71.6 Å². The monoisotopic (exact) mass is 364 g/mol. The van der Waals surface area contributed by atoms with Crippen molar-refractivity contribution in [1.29, 1.82) is 0 Å². The first kappa shape index (κ1) is 20.0. The van der Waals surface area contributed by atoms with Gasteiger partial charge in [-0.15, -0.1) is 0 Å². The van der Waals surface area contributed by atoms with Gasteiger partial charge in [-0.25, -0.2) is 9.59 Å². The summed E-state index contributed by atoms with van der Waals surface area (Å²) in [6.07, 6.45) is 4.35. The summed E-state index contributed by atoms with van der Waals surface area (Å²) in [5, 5.41) is 2.94. The lowest BCUT2D eigenvalue weighted by Gasteiger charge is -2.29. The van der Waals surface area contributed by atoms with Crippen LogP contribution >= 0.6 is 0 Å². The number of rotatable bonds is 6. The number of aryl methyl sites for hydroxylation is 1. The molecular formula is C19H28N2O5. The molecule has 1 saturated carbocycles. The Bertz CT molecular complexity index is 680. The number of esters is 2. The molecule has 1 fully saturated rings. The highest BCUT2D eigenvalue weighted by molar-refractivity contribution is 5.99. The number of hydrogen-bond acceptors (Lipinski definition) is 5. The number of carbonyl (C=O) groups excluding carboxylic acids is 3. The van der Waals surface area contributed by atoms with Gasteiger partial charge in [0.05, 0.1) is 12.2 Å². The second-order valence-corrected chi connectivity index (χ2v) is 6.86. The van der Waals surface area contributed by atoms with Crippen molar-refractivity contribution < 1.29 is 23.9 Å². The summed E-state index contributed by atoms with van der Waals surface area (Å²) in [6, 6.07) is 0.139. The lowest BCUT2D eigenvalue weighted by Crippen LogP contribution is -2.42. The second-order valence-electron chi connectivity index (χ2n) is 6.86.